The van der Waals surface area contributed by atoms with Gasteiger partial charge in [0.25, 0.3) is 0 Å². The number of hydrogen-bond donors (Lipinski definition) is 0. The van der Waals surface area contributed by atoms with Crippen molar-refractivity contribution in [2.75, 3.05) is 7.11 Å². The van der Waals surface area contributed by atoms with Crippen LogP contribution in [-0.4, -0.2) is 12.7 Å². The second-order valence-corrected chi connectivity index (χ2v) is 7.39. The molecular weight excluding hydrogens is 208 g/mol. The van der Waals surface area contributed by atoms with Crippen molar-refractivity contribution in [3.05, 3.63) is 0 Å². The lowest BCUT2D eigenvalue weighted by Gasteiger charge is -2.45. The van der Waals surface area contributed by atoms with Gasteiger partial charge in [-0.15, -0.1) is 0 Å². The van der Waals surface area contributed by atoms with Gasteiger partial charge in [0.2, 0.25) is 0 Å². The molecule has 1 spiro atoms. The van der Waals surface area contributed by atoms with Crippen LogP contribution in [0.15, 0.2) is 0 Å². The Morgan fingerprint density at radius 3 is 2.41 bits per heavy atom. The van der Waals surface area contributed by atoms with E-state index in [1.165, 1.54) is 25.7 Å². The standard InChI is InChI=1S/C16H28O/c1-10(2)16(17-5)9-7-12(4)15-8-6-11(3)13(15)14(15)16/h10-14H,6-9H2,1-5H3/t11-,12+,13-,14-,15?,16?/m1/s1. The van der Waals surface area contributed by atoms with Crippen molar-refractivity contribution in [2.24, 2.45) is 35.0 Å². The van der Waals surface area contributed by atoms with Gasteiger partial charge in [0.05, 0.1) is 5.60 Å². The number of hydrogen-bond acceptors (Lipinski definition) is 1. The van der Waals surface area contributed by atoms with E-state index in [4.69, 9.17) is 4.74 Å². The fraction of sp³-hybridized carbons (Fsp3) is 1.00. The minimum Gasteiger partial charge on any atom is -0.378 e. The van der Waals surface area contributed by atoms with E-state index in [1.54, 1.807) is 0 Å². The molecule has 0 aromatic carbocycles. The first kappa shape index (κ1) is 12.0. The van der Waals surface area contributed by atoms with Crippen molar-refractivity contribution in [1.82, 2.24) is 0 Å². The van der Waals surface area contributed by atoms with Crippen LogP contribution in [0.5, 0.6) is 0 Å². The molecule has 0 aliphatic heterocycles. The van der Waals surface area contributed by atoms with E-state index in [9.17, 15) is 0 Å². The van der Waals surface area contributed by atoms with Crippen LogP contribution in [0.1, 0.15) is 53.4 Å². The van der Waals surface area contributed by atoms with Gasteiger partial charge in [-0.25, -0.2) is 0 Å². The molecule has 0 amide bonds. The Balaban J connectivity index is 1.98. The lowest BCUT2D eigenvalue weighted by molar-refractivity contribution is -0.110. The van der Waals surface area contributed by atoms with Crippen LogP contribution in [0.4, 0.5) is 0 Å². The Kier molecular flexibility index (Phi) is 2.47. The summed E-state index contributed by atoms with van der Waals surface area (Å²) in [5.41, 5.74) is 0.879. The predicted octanol–water partition coefficient (Wildman–Crippen LogP) is 4.12. The molecule has 3 aliphatic carbocycles. The maximum absolute atomic E-state index is 6.12. The number of ether oxygens (including phenoxy) is 1. The molecule has 6 atom stereocenters. The van der Waals surface area contributed by atoms with E-state index >= 15 is 0 Å². The second kappa shape index (κ2) is 3.50. The maximum atomic E-state index is 6.12. The Morgan fingerprint density at radius 1 is 1.12 bits per heavy atom. The minimum atomic E-state index is 0.200. The van der Waals surface area contributed by atoms with Gasteiger partial charge in [-0.05, 0) is 60.7 Å². The molecule has 3 fully saturated rings. The molecule has 98 valence electrons. The van der Waals surface area contributed by atoms with Crippen LogP contribution in [0.2, 0.25) is 0 Å². The first-order chi connectivity index (χ1) is 8.00. The van der Waals surface area contributed by atoms with E-state index in [1.807, 2.05) is 7.11 Å². The van der Waals surface area contributed by atoms with Gasteiger partial charge in [-0.3, -0.25) is 0 Å². The lowest BCUT2D eigenvalue weighted by atomic mass is 9.67. The van der Waals surface area contributed by atoms with E-state index in [0.29, 0.717) is 11.3 Å². The van der Waals surface area contributed by atoms with E-state index in [0.717, 1.165) is 23.7 Å². The summed E-state index contributed by atoms with van der Waals surface area (Å²) in [6, 6.07) is 0. The SMILES string of the molecule is COC1(C(C)C)CC[C@H](C)C23CC[C@@H](C)[C@@H]2[C@@H]13. The minimum absolute atomic E-state index is 0.200. The highest BCUT2D eigenvalue weighted by Crippen LogP contribution is 2.80. The highest BCUT2D eigenvalue weighted by atomic mass is 16.5. The zero-order valence-electron chi connectivity index (χ0n) is 12.1. The Morgan fingerprint density at radius 2 is 1.82 bits per heavy atom. The zero-order valence-corrected chi connectivity index (χ0v) is 12.1. The van der Waals surface area contributed by atoms with Gasteiger partial charge in [0.15, 0.2) is 0 Å². The van der Waals surface area contributed by atoms with Gasteiger partial charge >= 0.3 is 0 Å². The molecule has 1 heteroatoms. The Labute approximate surface area is 106 Å². The van der Waals surface area contributed by atoms with Crippen LogP contribution in [0.3, 0.4) is 0 Å². The Hall–Kier alpha value is -0.0400. The smallest absolute Gasteiger partial charge is 0.0738 e. The number of rotatable bonds is 2. The largest absolute Gasteiger partial charge is 0.378 e. The van der Waals surface area contributed by atoms with Gasteiger partial charge in [-0.2, -0.15) is 0 Å². The molecule has 3 rings (SSSR count). The summed E-state index contributed by atoms with van der Waals surface area (Å²) < 4.78 is 6.12. The third-order valence-electron chi connectivity index (χ3n) is 6.86. The first-order valence-corrected chi connectivity index (χ1v) is 7.56. The van der Waals surface area contributed by atoms with Gasteiger partial charge < -0.3 is 4.74 Å². The summed E-state index contributed by atoms with van der Waals surface area (Å²) >= 11 is 0. The van der Waals surface area contributed by atoms with Crippen molar-refractivity contribution in [3.8, 4) is 0 Å². The molecule has 17 heavy (non-hydrogen) atoms. The molecule has 3 aliphatic rings. The van der Waals surface area contributed by atoms with Crippen molar-refractivity contribution >= 4 is 0 Å². The van der Waals surface area contributed by atoms with Crippen molar-refractivity contribution < 1.29 is 4.74 Å². The molecule has 2 unspecified atom stereocenters. The number of fused-ring (bicyclic) bond motifs is 1. The molecular formula is C16H28O. The summed E-state index contributed by atoms with van der Waals surface area (Å²) in [7, 11) is 1.96. The molecule has 3 saturated carbocycles. The Bertz CT molecular complexity index is 323. The zero-order chi connectivity index (χ0) is 12.4. The van der Waals surface area contributed by atoms with Gasteiger partial charge in [0.1, 0.15) is 0 Å². The average Bonchev–Trinajstić information content (AvgIpc) is 2.89. The molecule has 0 heterocycles. The summed E-state index contributed by atoms with van der Waals surface area (Å²) in [5.74, 6) is 4.38. The molecule has 0 bridgehead atoms. The first-order valence-electron chi connectivity index (χ1n) is 7.56. The molecule has 0 N–H and O–H groups in total. The molecule has 0 aromatic heterocycles. The second-order valence-electron chi connectivity index (χ2n) is 7.39. The molecule has 1 nitrogen and oxygen atoms in total. The highest BCUT2D eigenvalue weighted by Gasteiger charge is 2.78. The summed E-state index contributed by atoms with van der Waals surface area (Å²) in [6.45, 7) is 9.72. The van der Waals surface area contributed by atoms with E-state index in [2.05, 4.69) is 27.7 Å². The average molecular weight is 236 g/mol. The summed E-state index contributed by atoms with van der Waals surface area (Å²) in [5, 5.41) is 0. The van der Waals surface area contributed by atoms with Crippen LogP contribution in [-0.2, 0) is 4.74 Å². The normalized spacial score (nSPS) is 56.8. The maximum Gasteiger partial charge on any atom is 0.0738 e. The van der Waals surface area contributed by atoms with Crippen LogP contribution in [0, 0.1) is 35.0 Å². The third kappa shape index (κ3) is 1.20. The predicted molar refractivity (Wildman–Crippen MR) is 70.8 cm³/mol. The van der Waals surface area contributed by atoms with Crippen molar-refractivity contribution in [1.29, 1.82) is 0 Å². The highest BCUT2D eigenvalue weighted by molar-refractivity contribution is 5.26. The van der Waals surface area contributed by atoms with E-state index in [-0.39, 0.29) is 5.60 Å². The quantitative estimate of drug-likeness (QED) is 0.701. The number of methoxy groups -OCH3 is 1. The summed E-state index contributed by atoms with van der Waals surface area (Å²) in [6.07, 6.45) is 5.61. The van der Waals surface area contributed by atoms with Crippen LogP contribution in [0.25, 0.3) is 0 Å². The topological polar surface area (TPSA) is 9.23 Å². The van der Waals surface area contributed by atoms with Crippen LogP contribution >= 0.6 is 0 Å². The third-order valence-corrected chi connectivity index (χ3v) is 6.86. The lowest BCUT2D eigenvalue weighted by Crippen LogP contribution is -2.46. The molecule has 0 saturated heterocycles. The fourth-order valence-corrected chi connectivity index (χ4v) is 5.95. The van der Waals surface area contributed by atoms with E-state index < -0.39 is 0 Å². The van der Waals surface area contributed by atoms with Gasteiger partial charge in [0, 0.05) is 7.11 Å². The molecule has 0 aromatic rings. The van der Waals surface area contributed by atoms with Gasteiger partial charge in [-0.1, -0.05) is 27.7 Å². The monoisotopic (exact) mass is 236 g/mol. The van der Waals surface area contributed by atoms with Crippen molar-refractivity contribution in [2.45, 2.75) is 59.0 Å². The molecule has 0 radical (unpaired) electrons. The fourth-order valence-electron chi connectivity index (χ4n) is 5.95. The summed E-state index contributed by atoms with van der Waals surface area (Å²) in [4.78, 5) is 0. The van der Waals surface area contributed by atoms with Crippen LogP contribution < -0.4 is 0 Å². The van der Waals surface area contributed by atoms with Crippen molar-refractivity contribution in [3.63, 3.8) is 0 Å².